The standard InChI is InChI=1S/C16H14ClFN2O/c17-13-8-15-12(7-14(13)18)5-6-20(15)9-10-1-3-11(4-2-10)16(19)21/h1-4,7-8H,5-6,9H2,(H2,19,21). The molecule has 0 spiro atoms. The lowest BCUT2D eigenvalue weighted by Crippen LogP contribution is -2.19. The molecule has 0 atom stereocenters. The Labute approximate surface area is 127 Å². The molecule has 3 rings (SSSR count). The molecule has 0 radical (unpaired) electrons. The summed E-state index contributed by atoms with van der Waals surface area (Å²) in [5.41, 5.74) is 8.73. The molecular formula is C16H14ClFN2O. The number of benzene rings is 2. The van der Waals surface area contributed by atoms with Gasteiger partial charge in [0.25, 0.3) is 0 Å². The topological polar surface area (TPSA) is 46.3 Å². The summed E-state index contributed by atoms with van der Waals surface area (Å²) in [6.45, 7) is 1.51. The van der Waals surface area contributed by atoms with Gasteiger partial charge in [-0.2, -0.15) is 0 Å². The normalized spacial score (nSPS) is 13.3. The number of hydrogen-bond acceptors (Lipinski definition) is 2. The maximum atomic E-state index is 13.5. The van der Waals surface area contributed by atoms with E-state index >= 15 is 0 Å². The van der Waals surface area contributed by atoms with E-state index in [1.54, 1.807) is 18.2 Å². The lowest BCUT2D eigenvalue weighted by Gasteiger charge is -2.20. The fraction of sp³-hybridized carbons (Fsp3) is 0.188. The van der Waals surface area contributed by atoms with Crippen LogP contribution in [0.25, 0.3) is 0 Å². The van der Waals surface area contributed by atoms with Crippen LogP contribution in [0, 0.1) is 5.82 Å². The molecule has 0 fully saturated rings. The first kappa shape index (κ1) is 13.9. The molecule has 2 aromatic carbocycles. The summed E-state index contributed by atoms with van der Waals surface area (Å²) in [6.07, 6.45) is 0.808. The Kier molecular flexibility index (Phi) is 3.55. The number of nitrogens with zero attached hydrogens (tertiary/aromatic N) is 1. The molecule has 0 bridgehead atoms. The predicted octanol–water partition coefficient (Wildman–Crippen LogP) is 3.14. The van der Waals surface area contributed by atoms with Crippen molar-refractivity contribution in [3.8, 4) is 0 Å². The number of nitrogens with two attached hydrogens (primary N) is 1. The summed E-state index contributed by atoms with van der Waals surface area (Å²) in [4.78, 5) is 13.2. The van der Waals surface area contributed by atoms with Crippen molar-refractivity contribution in [1.82, 2.24) is 0 Å². The van der Waals surface area contributed by atoms with Gasteiger partial charge in [-0.25, -0.2) is 4.39 Å². The molecule has 0 aromatic heterocycles. The Hall–Kier alpha value is -2.07. The van der Waals surface area contributed by atoms with Crippen LogP contribution in [-0.2, 0) is 13.0 Å². The van der Waals surface area contributed by atoms with Crippen LogP contribution < -0.4 is 10.6 Å². The summed E-state index contributed by atoms with van der Waals surface area (Å²) in [5.74, 6) is -0.807. The highest BCUT2D eigenvalue weighted by Crippen LogP contribution is 2.33. The van der Waals surface area contributed by atoms with Gasteiger partial charge < -0.3 is 10.6 Å². The number of amides is 1. The van der Waals surface area contributed by atoms with E-state index < -0.39 is 5.91 Å². The number of carbonyl (C=O) groups excluding carboxylic acids is 1. The summed E-state index contributed by atoms with van der Waals surface area (Å²) in [6, 6.07) is 10.4. The fourth-order valence-corrected chi connectivity index (χ4v) is 2.76. The average molecular weight is 305 g/mol. The maximum absolute atomic E-state index is 13.5. The van der Waals surface area contributed by atoms with Gasteiger partial charge in [0.05, 0.1) is 5.02 Å². The van der Waals surface area contributed by atoms with E-state index in [4.69, 9.17) is 17.3 Å². The van der Waals surface area contributed by atoms with Gasteiger partial charge >= 0.3 is 0 Å². The van der Waals surface area contributed by atoms with Crippen LogP contribution in [0.3, 0.4) is 0 Å². The van der Waals surface area contributed by atoms with E-state index in [9.17, 15) is 9.18 Å². The molecule has 3 nitrogen and oxygen atoms in total. The monoisotopic (exact) mass is 304 g/mol. The highest BCUT2D eigenvalue weighted by molar-refractivity contribution is 6.31. The minimum Gasteiger partial charge on any atom is -0.367 e. The van der Waals surface area contributed by atoms with E-state index in [1.807, 2.05) is 12.1 Å². The minimum atomic E-state index is -0.435. The molecule has 108 valence electrons. The Morgan fingerprint density at radius 1 is 1.29 bits per heavy atom. The summed E-state index contributed by atoms with van der Waals surface area (Å²) in [5, 5.41) is 0.143. The quantitative estimate of drug-likeness (QED) is 0.947. The van der Waals surface area contributed by atoms with Gasteiger partial charge in [0.15, 0.2) is 0 Å². The first-order valence-electron chi connectivity index (χ1n) is 6.66. The van der Waals surface area contributed by atoms with Gasteiger partial charge in [-0.15, -0.1) is 0 Å². The fourth-order valence-electron chi connectivity index (χ4n) is 2.61. The molecule has 0 saturated heterocycles. The average Bonchev–Trinajstić information content (AvgIpc) is 2.82. The zero-order chi connectivity index (χ0) is 15.0. The summed E-state index contributed by atoms with van der Waals surface area (Å²) in [7, 11) is 0. The lowest BCUT2D eigenvalue weighted by molar-refractivity contribution is 0.100. The molecule has 2 aromatic rings. The second-order valence-corrected chi connectivity index (χ2v) is 5.53. The third-order valence-corrected chi connectivity index (χ3v) is 4.01. The largest absolute Gasteiger partial charge is 0.367 e. The Balaban J connectivity index is 1.82. The van der Waals surface area contributed by atoms with Crippen molar-refractivity contribution in [2.75, 3.05) is 11.4 Å². The second kappa shape index (κ2) is 5.37. The van der Waals surface area contributed by atoms with Crippen LogP contribution in [0.15, 0.2) is 36.4 Å². The SMILES string of the molecule is NC(=O)c1ccc(CN2CCc3cc(F)c(Cl)cc32)cc1. The van der Waals surface area contributed by atoms with E-state index in [2.05, 4.69) is 4.90 Å². The summed E-state index contributed by atoms with van der Waals surface area (Å²) >= 11 is 5.86. The molecule has 1 aliphatic heterocycles. The number of rotatable bonds is 3. The van der Waals surface area contributed by atoms with Gasteiger partial charge in [-0.05, 0) is 41.8 Å². The molecule has 21 heavy (non-hydrogen) atoms. The Morgan fingerprint density at radius 3 is 2.67 bits per heavy atom. The lowest BCUT2D eigenvalue weighted by atomic mass is 10.1. The van der Waals surface area contributed by atoms with E-state index in [1.165, 1.54) is 6.07 Å². The van der Waals surface area contributed by atoms with Crippen molar-refractivity contribution >= 4 is 23.2 Å². The van der Waals surface area contributed by atoms with Crippen molar-refractivity contribution in [1.29, 1.82) is 0 Å². The molecule has 1 heterocycles. The van der Waals surface area contributed by atoms with Gasteiger partial charge in [0.2, 0.25) is 5.91 Å². The smallest absolute Gasteiger partial charge is 0.248 e. The number of carbonyl (C=O) groups is 1. The molecule has 0 aliphatic carbocycles. The van der Waals surface area contributed by atoms with Crippen LogP contribution >= 0.6 is 11.6 Å². The molecule has 2 N–H and O–H groups in total. The zero-order valence-corrected chi connectivity index (χ0v) is 12.0. The van der Waals surface area contributed by atoms with Crippen LogP contribution in [0.5, 0.6) is 0 Å². The van der Waals surface area contributed by atoms with Crippen LogP contribution in [0.1, 0.15) is 21.5 Å². The first-order chi connectivity index (χ1) is 10.0. The van der Waals surface area contributed by atoms with Crippen molar-refractivity contribution in [3.63, 3.8) is 0 Å². The Bertz CT molecular complexity index is 700. The highest BCUT2D eigenvalue weighted by Gasteiger charge is 2.21. The van der Waals surface area contributed by atoms with E-state index in [0.29, 0.717) is 12.1 Å². The van der Waals surface area contributed by atoms with Crippen molar-refractivity contribution in [3.05, 3.63) is 63.9 Å². The number of anilines is 1. The molecule has 0 saturated carbocycles. The Morgan fingerprint density at radius 2 is 2.00 bits per heavy atom. The third-order valence-electron chi connectivity index (χ3n) is 3.73. The number of fused-ring (bicyclic) bond motifs is 1. The van der Waals surface area contributed by atoms with Gasteiger partial charge in [-0.1, -0.05) is 23.7 Å². The molecule has 0 unspecified atom stereocenters. The molecule has 5 heteroatoms. The molecule has 1 amide bonds. The molecular weight excluding hydrogens is 291 g/mol. The van der Waals surface area contributed by atoms with E-state index in [-0.39, 0.29) is 10.8 Å². The van der Waals surface area contributed by atoms with Gasteiger partial charge in [0.1, 0.15) is 5.82 Å². The van der Waals surface area contributed by atoms with Crippen LogP contribution in [-0.4, -0.2) is 12.5 Å². The number of hydrogen-bond donors (Lipinski definition) is 1. The summed E-state index contributed by atoms with van der Waals surface area (Å²) < 4.78 is 13.5. The van der Waals surface area contributed by atoms with Crippen molar-refractivity contribution in [2.24, 2.45) is 5.73 Å². The highest BCUT2D eigenvalue weighted by atomic mass is 35.5. The number of halogens is 2. The van der Waals surface area contributed by atoms with Gasteiger partial charge in [-0.3, -0.25) is 4.79 Å². The van der Waals surface area contributed by atoms with Crippen LogP contribution in [0.2, 0.25) is 5.02 Å². The van der Waals surface area contributed by atoms with Gasteiger partial charge in [0, 0.05) is 24.3 Å². The molecule has 1 aliphatic rings. The van der Waals surface area contributed by atoms with Crippen LogP contribution in [0.4, 0.5) is 10.1 Å². The maximum Gasteiger partial charge on any atom is 0.248 e. The second-order valence-electron chi connectivity index (χ2n) is 5.13. The van der Waals surface area contributed by atoms with Crippen molar-refractivity contribution < 1.29 is 9.18 Å². The number of primary amides is 1. The minimum absolute atomic E-state index is 0.143. The van der Waals surface area contributed by atoms with E-state index in [0.717, 1.165) is 29.8 Å². The first-order valence-corrected chi connectivity index (χ1v) is 7.04. The zero-order valence-electron chi connectivity index (χ0n) is 11.3. The van der Waals surface area contributed by atoms with Crippen molar-refractivity contribution in [2.45, 2.75) is 13.0 Å². The predicted molar refractivity (Wildman–Crippen MR) is 81.1 cm³/mol. The third kappa shape index (κ3) is 2.72.